The third-order valence-corrected chi connectivity index (χ3v) is 5.72. The number of rotatable bonds is 5. The zero-order chi connectivity index (χ0) is 20.1. The van der Waals surface area contributed by atoms with Gasteiger partial charge in [-0.2, -0.15) is 0 Å². The highest BCUT2D eigenvalue weighted by Crippen LogP contribution is 2.46. The smallest absolute Gasteiger partial charge is 0.342 e. The molecule has 0 atom stereocenters. The molecule has 0 unspecified atom stereocenters. The van der Waals surface area contributed by atoms with Crippen molar-refractivity contribution in [3.05, 3.63) is 46.0 Å². The van der Waals surface area contributed by atoms with E-state index in [-0.39, 0.29) is 11.5 Å². The lowest BCUT2D eigenvalue weighted by Crippen LogP contribution is -2.15. The number of benzene rings is 2. The summed E-state index contributed by atoms with van der Waals surface area (Å²) in [5.41, 5.74) is -1.71. The molecule has 11 heteroatoms. The van der Waals surface area contributed by atoms with Gasteiger partial charge in [-0.15, -0.1) is 0 Å². The Morgan fingerprint density at radius 3 is 2.37 bits per heavy atom. The predicted molar refractivity (Wildman–Crippen MR) is 90.9 cm³/mol. The van der Waals surface area contributed by atoms with Gasteiger partial charge in [0.2, 0.25) is 0 Å². The molecule has 0 saturated heterocycles. The molecule has 1 aliphatic carbocycles. The number of aromatic hydroxyl groups is 2. The lowest BCUT2D eigenvalue weighted by molar-refractivity contribution is 0.0688. The summed E-state index contributed by atoms with van der Waals surface area (Å²) >= 11 is 5.53. The van der Waals surface area contributed by atoms with Crippen LogP contribution in [0.3, 0.4) is 0 Å². The van der Waals surface area contributed by atoms with Crippen LogP contribution in [0.2, 0.25) is 5.02 Å². The molecule has 0 aromatic heterocycles. The molecule has 1 saturated carbocycles. The van der Waals surface area contributed by atoms with Crippen molar-refractivity contribution in [3.8, 4) is 11.5 Å². The summed E-state index contributed by atoms with van der Waals surface area (Å²) in [6.07, 6.45) is 1.17. The summed E-state index contributed by atoms with van der Waals surface area (Å²) in [5.74, 6) is -6.34. The van der Waals surface area contributed by atoms with E-state index in [2.05, 4.69) is 0 Å². The average molecular weight is 420 g/mol. The topological polar surface area (TPSA) is 124 Å². The number of carbonyl (C=O) groups is 1. The second-order valence-electron chi connectivity index (χ2n) is 5.97. The summed E-state index contributed by atoms with van der Waals surface area (Å²) < 4.78 is 54.6. The van der Waals surface area contributed by atoms with Crippen LogP contribution in [0.4, 0.5) is 14.5 Å². The van der Waals surface area contributed by atoms with E-state index in [0.717, 1.165) is 6.07 Å². The zero-order valence-electron chi connectivity index (χ0n) is 13.3. The molecule has 0 heterocycles. The van der Waals surface area contributed by atoms with Crippen LogP contribution < -0.4 is 4.72 Å². The van der Waals surface area contributed by atoms with Gasteiger partial charge in [-0.3, -0.25) is 4.72 Å². The van der Waals surface area contributed by atoms with Crippen molar-refractivity contribution >= 4 is 33.3 Å². The Kier molecular flexibility index (Phi) is 4.64. The van der Waals surface area contributed by atoms with Crippen molar-refractivity contribution in [2.75, 3.05) is 4.72 Å². The third kappa shape index (κ3) is 3.50. The Morgan fingerprint density at radius 2 is 1.81 bits per heavy atom. The molecular weight excluding hydrogens is 408 g/mol. The fraction of sp³-hybridized carbons (Fsp3) is 0.188. The molecule has 0 amide bonds. The summed E-state index contributed by atoms with van der Waals surface area (Å²) in [7, 11) is -4.61. The van der Waals surface area contributed by atoms with E-state index in [1.54, 1.807) is 0 Å². The molecule has 3 rings (SSSR count). The molecule has 0 radical (unpaired) electrons. The molecule has 144 valence electrons. The van der Waals surface area contributed by atoms with Gasteiger partial charge in [0, 0.05) is 6.07 Å². The van der Waals surface area contributed by atoms with Gasteiger partial charge in [0.05, 0.1) is 10.7 Å². The first kappa shape index (κ1) is 19.2. The standard InChI is InChI=1S/C16H12ClF2NO6S/c17-8-4-12(11(21)5-9(8)18)27(25,26)20-10-3-7(6-1-2-6)14(19)13(15(10)22)16(23)24/h3-6,20-22H,1-2H2,(H,23,24). The van der Waals surface area contributed by atoms with Crippen LogP contribution in [0.15, 0.2) is 23.1 Å². The minimum absolute atomic E-state index is 0.0516. The zero-order valence-corrected chi connectivity index (χ0v) is 14.9. The molecular formula is C16H12ClF2NO6S. The number of nitrogens with one attached hydrogen (secondary N) is 1. The number of anilines is 1. The Labute approximate surface area is 156 Å². The first-order valence-corrected chi connectivity index (χ1v) is 9.38. The van der Waals surface area contributed by atoms with E-state index in [1.165, 1.54) is 0 Å². The molecule has 27 heavy (non-hydrogen) atoms. The van der Waals surface area contributed by atoms with Crippen LogP contribution in [-0.4, -0.2) is 29.7 Å². The van der Waals surface area contributed by atoms with Gasteiger partial charge in [-0.25, -0.2) is 22.0 Å². The van der Waals surface area contributed by atoms with E-state index in [1.807, 2.05) is 4.72 Å². The lowest BCUT2D eigenvalue weighted by atomic mass is 10.0. The van der Waals surface area contributed by atoms with Crippen molar-refractivity contribution in [3.63, 3.8) is 0 Å². The highest BCUT2D eigenvalue weighted by Gasteiger charge is 2.33. The fourth-order valence-electron chi connectivity index (χ4n) is 2.57. The van der Waals surface area contributed by atoms with Gasteiger partial charge in [0.15, 0.2) is 5.75 Å². The Bertz CT molecular complexity index is 1070. The number of carboxylic acids is 1. The van der Waals surface area contributed by atoms with Crippen LogP contribution in [0.25, 0.3) is 0 Å². The molecule has 0 aliphatic heterocycles. The van der Waals surface area contributed by atoms with E-state index in [4.69, 9.17) is 16.7 Å². The van der Waals surface area contributed by atoms with Crippen molar-refractivity contribution < 1.29 is 37.3 Å². The van der Waals surface area contributed by atoms with Crippen LogP contribution in [-0.2, 0) is 10.0 Å². The first-order valence-electron chi connectivity index (χ1n) is 7.52. The number of hydrogen-bond donors (Lipinski definition) is 4. The maximum atomic E-state index is 14.4. The molecule has 1 fully saturated rings. The van der Waals surface area contributed by atoms with E-state index in [9.17, 15) is 32.2 Å². The Balaban J connectivity index is 2.12. The largest absolute Gasteiger partial charge is 0.506 e. The molecule has 7 nitrogen and oxygen atoms in total. The highest BCUT2D eigenvalue weighted by molar-refractivity contribution is 7.92. The van der Waals surface area contributed by atoms with Crippen molar-refractivity contribution in [2.45, 2.75) is 23.7 Å². The van der Waals surface area contributed by atoms with Gasteiger partial charge < -0.3 is 15.3 Å². The lowest BCUT2D eigenvalue weighted by Gasteiger charge is -2.15. The normalized spacial score (nSPS) is 14.2. The van der Waals surface area contributed by atoms with Gasteiger partial charge in [0.25, 0.3) is 10.0 Å². The van der Waals surface area contributed by atoms with Crippen LogP contribution in [0.1, 0.15) is 34.7 Å². The van der Waals surface area contributed by atoms with E-state index in [0.29, 0.717) is 25.0 Å². The monoisotopic (exact) mass is 419 g/mol. The average Bonchev–Trinajstić information content (AvgIpc) is 3.38. The van der Waals surface area contributed by atoms with E-state index < -0.39 is 60.3 Å². The first-order chi connectivity index (χ1) is 12.5. The molecule has 1 aliphatic rings. The number of carboxylic acid groups (broad SMARTS) is 1. The molecule has 2 aromatic rings. The third-order valence-electron chi connectivity index (χ3n) is 4.03. The number of halogens is 3. The van der Waals surface area contributed by atoms with E-state index >= 15 is 0 Å². The van der Waals surface area contributed by atoms with Crippen LogP contribution in [0.5, 0.6) is 11.5 Å². The second kappa shape index (κ2) is 6.54. The van der Waals surface area contributed by atoms with Crippen molar-refractivity contribution in [2.24, 2.45) is 0 Å². The second-order valence-corrected chi connectivity index (χ2v) is 8.03. The van der Waals surface area contributed by atoms with Crippen molar-refractivity contribution in [1.82, 2.24) is 0 Å². The maximum absolute atomic E-state index is 14.4. The molecule has 4 N–H and O–H groups in total. The minimum Gasteiger partial charge on any atom is -0.506 e. The fourth-order valence-corrected chi connectivity index (χ4v) is 3.96. The van der Waals surface area contributed by atoms with Crippen LogP contribution >= 0.6 is 11.6 Å². The van der Waals surface area contributed by atoms with Gasteiger partial charge in [0.1, 0.15) is 27.8 Å². The summed E-state index contributed by atoms with van der Waals surface area (Å²) in [6.45, 7) is 0. The number of hydrogen-bond acceptors (Lipinski definition) is 5. The van der Waals surface area contributed by atoms with Gasteiger partial charge in [-0.1, -0.05) is 11.6 Å². The molecule has 0 spiro atoms. The SMILES string of the molecule is O=C(O)c1c(O)c(NS(=O)(=O)c2cc(Cl)c(F)cc2O)cc(C2CC2)c1F. The van der Waals surface area contributed by atoms with Crippen LogP contribution in [0, 0.1) is 11.6 Å². The highest BCUT2D eigenvalue weighted by atomic mass is 35.5. The number of phenolic OH excluding ortho intramolecular Hbond substituents is 1. The Hall–Kier alpha value is -2.59. The maximum Gasteiger partial charge on any atom is 0.342 e. The molecule has 0 bridgehead atoms. The quantitative estimate of drug-likeness (QED) is 0.550. The number of phenols is 2. The number of sulfonamides is 1. The predicted octanol–water partition coefficient (Wildman–Crippen LogP) is 3.41. The molecule has 2 aromatic carbocycles. The summed E-state index contributed by atoms with van der Waals surface area (Å²) in [5, 5.41) is 28.3. The Morgan fingerprint density at radius 1 is 1.19 bits per heavy atom. The van der Waals surface area contributed by atoms with Gasteiger partial charge in [-0.05, 0) is 36.5 Å². The number of aromatic carboxylic acids is 1. The van der Waals surface area contributed by atoms with Gasteiger partial charge >= 0.3 is 5.97 Å². The summed E-state index contributed by atoms with van der Waals surface area (Å²) in [6, 6.07) is 2.13. The van der Waals surface area contributed by atoms with Crippen molar-refractivity contribution in [1.29, 1.82) is 0 Å². The minimum atomic E-state index is -4.61. The summed E-state index contributed by atoms with van der Waals surface area (Å²) in [4.78, 5) is 10.5.